The highest BCUT2D eigenvalue weighted by Crippen LogP contribution is 2.40. The van der Waals surface area contributed by atoms with Gasteiger partial charge in [0, 0.05) is 23.7 Å². The highest BCUT2D eigenvalue weighted by molar-refractivity contribution is 6.31. The van der Waals surface area contributed by atoms with Gasteiger partial charge in [-0.25, -0.2) is 4.79 Å². The summed E-state index contributed by atoms with van der Waals surface area (Å²) in [4.78, 5) is 13.3. The van der Waals surface area contributed by atoms with Gasteiger partial charge in [-0.1, -0.05) is 54.1 Å². The van der Waals surface area contributed by atoms with E-state index >= 15 is 0 Å². The van der Waals surface area contributed by atoms with E-state index < -0.39 is 5.97 Å². The summed E-state index contributed by atoms with van der Waals surface area (Å²) in [5.74, 6) is 0.669. The molecule has 0 saturated carbocycles. The van der Waals surface area contributed by atoms with E-state index in [-0.39, 0.29) is 5.56 Å². The van der Waals surface area contributed by atoms with Gasteiger partial charge in [0.1, 0.15) is 5.75 Å². The number of carbonyl (C=O) groups is 1. The largest absolute Gasteiger partial charge is 0.478 e. The van der Waals surface area contributed by atoms with Crippen molar-refractivity contribution in [2.45, 2.75) is 6.54 Å². The Balaban J connectivity index is 1.62. The fraction of sp³-hybridized carbons (Fsp3) is 0.0870. The van der Waals surface area contributed by atoms with Crippen LogP contribution in [0.4, 0.5) is 5.69 Å². The average Bonchev–Trinajstić information content (AvgIpc) is 2.85. The third-order valence-electron chi connectivity index (χ3n) is 4.59. The molecule has 0 radical (unpaired) electrons. The number of fused-ring (bicyclic) bond motifs is 2. The molecule has 1 N–H and O–H groups in total. The maximum absolute atomic E-state index is 11.1. The number of halogens is 1. The second-order valence-corrected chi connectivity index (χ2v) is 6.97. The summed E-state index contributed by atoms with van der Waals surface area (Å²) in [5, 5.41) is 9.79. The molecule has 0 fully saturated rings. The van der Waals surface area contributed by atoms with Gasteiger partial charge in [0.05, 0.1) is 11.3 Å². The molecule has 0 saturated heterocycles. The highest BCUT2D eigenvalue weighted by Gasteiger charge is 2.20. The van der Waals surface area contributed by atoms with Crippen LogP contribution in [0.15, 0.2) is 72.8 Å². The van der Waals surface area contributed by atoms with Crippen molar-refractivity contribution in [3.63, 3.8) is 0 Å². The summed E-state index contributed by atoms with van der Waals surface area (Å²) < 4.78 is 6.10. The van der Waals surface area contributed by atoms with Gasteiger partial charge in [0.15, 0.2) is 5.75 Å². The van der Waals surface area contributed by atoms with Crippen molar-refractivity contribution in [1.29, 1.82) is 0 Å². The molecule has 5 heteroatoms. The van der Waals surface area contributed by atoms with Crippen LogP contribution in [0.25, 0.3) is 6.08 Å². The zero-order valence-electron chi connectivity index (χ0n) is 15.0. The van der Waals surface area contributed by atoms with Crippen molar-refractivity contribution in [1.82, 2.24) is 0 Å². The molecule has 1 aliphatic heterocycles. The van der Waals surface area contributed by atoms with Gasteiger partial charge < -0.3 is 14.7 Å². The smallest absolute Gasteiger partial charge is 0.335 e. The minimum atomic E-state index is -0.930. The van der Waals surface area contributed by atoms with Gasteiger partial charge in [-0.05, 0) is 42.0 Å². The maximum atomic E-state index is 11.1. The lowest BCUT2D eigenvalue weighted by Gasteiger charge is -2.22. The lowest BCUT2D eigenvalue weighted by atomic mass is 10.1. The van der Waals surface area contributed by atoms with Crippen molar-refractivity contribution in [2.75, 3.05) is 11.4 Å². The van der Waals surface area contributed by atoms with E-state index in [9.17, 15) is 4.79 Å². The summed E-state index contributed by atoms with van der Waals surface area (Å²) in [6.07, 6.45) is 3.94. The Morgan fingerprint density at radius 1 is 1.07 bits per heavy atom. The number of hydrogen-bond acceptors (Lipinski definition) is 3. The minimum Gasteiger partial charge on any atom is -0.478 e. The number of carboxylic acids is 1. The first-order chi connectivity index (χ1) is 13.6. The van der Waals surface area contributed by atoms with Crippen LogP contribution in [0.3, 0.4) is 0 Å². The molecule has 0 bridgehead atoms. The second-order valence-electron chi connectivity index (χ2n) is 6.54. The first kappa shape index (κ1) is 18.1. The van der Waals surface area contributed by atoms with E-state index in [1.54, 1.807) is 18.2 Å². The predicted octanol–water partition coefficient (Wildman–Crippen LogP) is 5.86. The van der Waals surface area contributed by atoms with Crippen LogP contribution < -0.4 is 9.64 Å². The van der Waals surface area contributed by atoms with E-state index in [4.69, 9.17) is 21.4 Å². The first-order valence-electron chi connectivity index (χ1n) is 8.90. The highest BCUT2D eigenvalue weighted by atomic mass is 35.5. The summed E-state index contributed by atoms with van der Waals surface area (Å²) in [6, 6.07) is 20.4. The molecule has 0 amide bonds. The minimum absolute atomic E-state index is 0.274. The number of rotatable bonds is 4. The molecule has 3 aromatic rings. The molecule has 0 unspecified atom stereocenters. The van der Waals surface area contributed by atoms with Crippen molar-refractivity contribution in [3.8, 4) is 11.5 Å². The van der Waals surface area contributed by atoms with Crippen LogP contribution in [0.5, 0.6) is 11.5 Å². The number of hydrogen-bond donors (Lipinski definition) is 1. The van der Waals surface area contributed by atoms with Gasteiger partial charge in [-0.3, -0.25) is 0 Å². The zero-order valence-corrected chi connectivity index (χ0v) is 15.8. The van der Waals surface area contributed by atoms with Gasteiger partial charge in [-0.2, -0.15) is 0 Å². The number of aromatic carboxylic acids is 1. The Morgan fingerprint density at radius 2 is 1.93 bits per heavy atom. The summed E-state index contributed by atoms with van der Waals surface area (Å²) in [6.45, 7) is 1.31. The van der Waals surface area contributed by atoms with E-state index in [2.05, 4.69) is 11.0 Å². The number of ether oxygens (including phenoxy) is 1. The molecule has 0 atom stereocenters. The third kappa shape index (κ3) is 3.87. The van der Waals surface area contributed by atoms with E-state index in [1.807, 2.05) is 54.6 Å². The van der Waals surface area contributed by atoms with Gasteiger partial charge in [-0.15, -0.1) is 0 Å². The Hall–Kier alpha value is -3.24. The van der Waals surface area contributed by atoms with Crippen LogP contribution in [0.1, 0.15) is 21.5 Å². The molecule has 4 rings (SSSR count). The van der Waals surface area contributed by atoms with E-state index in [0.29, 0.717) is 18.1 Å². The van der Waals surface area contributed by atoms with E-state index in [1.165, 1.54) is 0 Å². The summed E-state index contributed by atoms with van der Waals surface area (Å²) in [7, 11) is 0. The van der Waals surface area contributed by atoms with Crippen LogP contribution in [-0.2, 0) is 6.54 Å². The van der Waals surface area contributed by atoms with Crippen molar-refractivity contribution in [3.05, 3.63) is 94.5 Å². The quantitative estimate of drug-likeness (QED) is 0.604. The second kappa shape index (κ2) is 7.79. The topological polar surface area (TPSA) is 49.8 Å². The maximum Gasteiger partial charge on any atom is 0.335 e. The number of anilines is 1. The molecule has 0 spiro atoms. The summed E-state index contributed by atoms with van der Waals surface area (Å²) >= 11 is 6.23. The molecule has 0 aromatic heterocycles. The molecule has 1 heterocycles. The van der Waals surface area contributed by atoms with Crippen LogP contribution in [0, 0.1) is 0 Å². The van der Waals surface area contributed by atoms with Crippen molar-refractivity contribution < 1.29 is 14.6 Å². The molecule has 3 aromatic carbocycles. The van der Waals surface area contributed by atoms with Gasteiger partial charge in [0.25, 0.3) is 0 Å². The Kier molecular flexibility index (Phi) is 5.04. The van der Waals surface area contributed by atoms with Gasteiger partial charge in [0.2, 0.25) is 0 Å². The monoisotopic (exact) mass is 391 g/mol. The van der Waals surface area contributed by atoms with Crippen LogP contribution in [0.2, 0.25) is 5.02 Å². The standard InChI is InChI=1S/C23H18ClNO3/c24-19-10-11-22-20(14-19)25(15-18-7-1-2-9-21(18)28-22)12-4-6-16-5-3-8-17(13-16)23(26)27/h1-11,13-14H,12,15H2,(H,26,27)/b6-4-. The average molecular weight is 392 g/mol. The van der Waals surface area contributed by atoms with Crippen LogP contribution >= 0.6 is 11.6 Å². The third-order valence-corrected chi connectivity index (χ3v) is 4.82. The molecule has 4 nitrogen and oxygen atoms in total. The Morgan fingerprint density at radius 3 is 2.79 bits per heavy atom. The molecule has 1 aliphatic rings. The lowest BCUT2D eigenvalue weighted by Crippen LogP contribution is -2.21. The predicted molar refractivity (Wildman–Crippen MR) is 111 cm³/mol. The number of nitrogens with zero attached hydrogens (tertiary/aromatic N) is 1. The SMILES string of the molecule is O=C(O)c1cccc(/C=C\CN2Cc3ccccc3Oc3ccc(Cl)cc32)c1. The van der Waals surface area contributed by atoms with E-state index in [0.717, 1.165) is 28.3 Å². The fourth-order valence-electron chi connectivity index (χ4n) is 3.22. The molecule has 140 valence electrons. The fourth-order valence-corrected chi connectivity index (χ4v) is 3.39. The first-order valence-corrected chi connectivity index (χ1v) is 9.28. The molecule has 28 heavy (non-hydrogen) atoms. The summed E-state index contributed by atoms with van der Waals surface area (Å²) in [5.41, 5.74) is 3.14. The Bertz CT molecular complexity index is 1060. The number of para-hydroxylation sites is 1. The van der Waals surface area contributed by atoms with Gasteiger partial charge >= 0.3 is 5.97 Å². The molecular formula is C23H18ClNO3. The lowest BCUT2D eigenvalue weighted by molar-refractivity contribution is 0.0697. The zero-order chi connectivity index (χ0) is 19.5. The van der Waals surface area contributed by atoms with Crippen LogP contribution in [-0.4, -0.2) is 17.6 Å². The number of carboxylic acid groups (broad SMARTS) is 1. The van der Waals surface area contributed by atoms with Crippen molar-refractivity contribution >= 4 is 29.3 Å². The molecular weight excluding hydrogens is 374 g/mol. The van der Waals surface area contributed by atoms with Crippen molar-refractivity contribution in [2.24, 2.45) is 0 Å². The Labute approximate surface area is 168 Å². The number of benzene rings is 3. The normalized spacial score (nSPS) is 12.8. The molecule has 0 aliphatic carbocycles.